The van der Waals surface area contributed by atoms with Crippen molar-refractivity contribution in [3.8, 4) is 17.3 Å². The molecule has 0 saturated carbocycles. The molecule has 10 nitrogen and oxygen atoms in total. The molecule has 0 aliphatic carbocycles. The van der Waals surface area contributed by atoms with Crippen molar-refractivity contribution in [3.05, 3.63) is 99.0 Å². The lowest BCUT2D eigenvalue weighted by atomic mass is 10.1. The smallest absolute Gasteiger partial charge is 0.274 e. The molecule has 0 bridgehead atoms. The van der Waals surface area contributed by atoms with E-state index in [2.05, 4.69) is 20.6 Å². The SMILES string of the molecule is Cc1ccc(C)c(Oc2ccc(CNC(=O)c3nnn(-c4cccc([N+](=O)[O-])c4)c3C)cn2)c1. The molecular formula is C24H22N6O4. The van der Waals surface area contributed by atoms with Gasteiger partial charge in [0, 0.05) is 30.9 Å². The van der Waals surface area contributed by atoms with Crippen LogP contribution in [0.4, 0.5) is 5.69 Å². The minimum Gasteiger partial charge on any atom is -0.439 e. The van der Waals surface area contributed by atoms with Crippen LogP contribution in [0.5, 0.6) is 11.6 Å². The van der Waals surface area contributed by atoms with Gasteiger partial charge in [0.05, 0.1) is 16.3 Å². The highest BCUT2D eigenvalue weighted by Gasteiger charge is 2.18. The van der Waals surface area contributed by atoms with Gasteiger partial charge in [-0.2, -0.15) is 0 Å². The van der Waals surface area contributed by atoms with Gasteiger partial charge in [-0.05, 0) is 49.6 Å². The molecule has 172 valence electrons. The Morgan fingerprint density at radius 2 is 1.94 bits per heavy atom. The van der Waals surface area contributed by atoms with Gasteiger partial charge >= 0.3 is 0 Å². The maximum absolute atomic E-state index is 12.7. The Kier molecular flexibility index (Phi) is 6.30. The van der Waals surface area contributed by atoms with E-state index in [1.54, 1.807) is 31.3 Å². The summed E-state index contributed by atoms with van der Waals surface area (Å²) in [6.07, 6.45) is 1.63. The number of amides is 1. The number of nitro benzene ring substituents is 1. The molecule has 0 spiro atoms. The highest BCUT2D eigenvalue weighted by molar-refractivity contribution is 5.93. The van der Waals surface area contributed by atoms with Crippen molar-refractivity contribution in [3.63, 3.8) is 0 Å². The number of carbonyl (C=O) groups excluding carboxylic acids is 1. The predicted octanol–water partition coefficient (Wildman–Crippen LogP) is 4.22. The van der Waals surface area contributed by atoms with Crippen LogP contribution in [-0.4, -0.2) is 30.8 Å². The van der Waals surface area contributed by atoms with E-state index in [0.29, 0.717) is 17.3 Å². The molecule has 4 rings (SSSR count). The van der Waals surface area contributed by atoms with Gasteiger partial charge in [-0.1, -0.05) is 29.5 Å². The number of carbonyl (C=O) groups is 1. The summed E-state index contributed by atoms with van der Waals surface area (Å²) < 4.78 is 7.25. The molecular weight excluding hydrogens is 436 g/mol. The van der Waals surface area contributed by atoms with Crippen molar-refractivity contribution < 1.29 is 14.5 Å². The third-order valence-electron chi connectivity index (χ3n) is 5.20. The molecule has 1 amide bonds. The molecule has 2 aromatic heterocycles. The number of aryl methyl sites for hydroxylation is 2. The average molecular weight is 458 g/mol. The summed E-state index contributed by atoms with van der Waals surface area (Å²) in [5, 5.41) is 21.8. The predicted molar refractivity (Wildman–Crippen MR) is 124 cm³/mol. The highest BCUT2D eigenvalue weighted by atomic mass is 16.6. The Morgan fingerprint density at radius 1 is 1.12 bits per heavy atom. The number of non-ortho nitro benzene ring substituents is 1. The van der Waals surface area contributed by atoms with E-state index in [9.17, 15) is 14.9 Å². The largest absolute Gasteiger partial charge is 0.439 e. The van der Waals surface area contributed by atoms with Crippen molar-refractivity contribution >= 4 is 11.6 Å². The molecule has 2 heterocycles. The maximum Gasteiger partial charge on any atom is 0.274 e. The zero-order chi connectivity index (χ0) is 24.2. The Hall–Kier alpha value is -4.60. The van der Waals surface area contributed by atoms with Crippen LogP contribution in [0.2, 0.25) is 0 Å². The van der Waals surface area contributed by atoms with E-state index in [1.807, 2.05) is 38.1 Å². The topological polar surface area (TPSA) is 125 Å². The summed E-state index contributed by atoms with van der Waals surface area (Å²) in [7, 11) is 0. The van der Waals surface area contributed by atoms with Crippen molar-refractivity contribution in [2.75, 3.05) is 0 Å². The molecule has 0 atom stereocenters. The average Bonchev–Trinajstić information content (AvgIpc) is 3.22. The summed E-state index contributed by atoms with van der Waals surface area (Å²) in [5.74, 6) is 0.792. The van der Waals surface area contributed by atoms with Gasteiger partial charge in [0.1, 0.15) is 5.75 Å². The Balaban J connectivity index is 1.41. The number of hydrogen-bond acceptors (Lipinski definition) is 7. The lowest BCUT2D eigenvalue weighted by Crippen LogP contribution is -2.24. The number of ether oxygens (including phenoxy) is 1. The number of nitro groups is 1. The first-order valence-corrected chi connectivity index (χ1v) is 10.5. The van der Waals surface area contributed by atoms with Crippen LogP contribution in [0.15, 0.2) is 60.8 Å². The second kappa shape index (κ2) is 9.49. The van der Waals surface area contributed by atoms with Crippen LogP contribution in [0.25, 0.3) is 5.69 Å². The van der Waals surface area contributed by atoms with Gasteiger partial charge in [-0.15, -0.1) is 5.10 Å². The summed E-state index contributed by atoms with van der Waals surface area (Å²) in [5.41, 5.74) is 3.86. The van der Waals surface area contributed by atoms with Crippen LogP contribution in [0.3, 0.4) is 0 Å². The molecule has 0 unspecified atom stereocenters. The molecule has 10 heteroatoms. The Labute approximate surface area is 195 Å². The fourth-order valence-corrected chi connectivity index (χ4v) is 3.29. The number of aromatic nitrogens is 4. The van der Waals surface area contributed by atoms with E-state index in [4.69, 9.17) is 4.74 Å². The fraction of sp³-hybridized carbons (Fsp3) is 0.167. The lowest BCUT2D eigenvalue weighted by Gasteiger charge is -2.09. The number of benzene rings is 2. The second-order valence-corrected chi connectivity index (χ2v) is 7.77. The van der Waals surface area contributed by atoms with Crippen LogP contribution >= 0.6 is 0 Å². The summed E-state index contributed by atoms with van der Waals surface area (Å²) >= 11 is 0. The summed E-state index contributed by atoms with van der Waals surface area (Å²) in [4.78, 5) is 27.5. The Morgan fingerprint density at radius 3 is 2.68 bits per heavy atom. The van der Waals surface area contributed by atoms with E-state index < -0.39 is 10.8 Å². The van der Waals surface area contributed by atoms with Crippen LogP contribution < -0.4 is 10.1 Å². The molecule has 0 radical (unpaired) electrons. The highest BCUT2D eigenvalue weighted by Crippen LogP contribution is 2.24. The number of rotatable bonds is 7. The molecule has 34 heavy (non-hydrogen) atoms. The number of hydrogen-bond donors (Lipinski definition) is 1. The third-order valence-corrected chi connectivity index (χ3v) is 5.20. The zero-order valence-corrected chi connectivity index (χ0v) is 18.8. The summed E-state index contributed by atoms with van der Waals surface area (Å²) in [6.45, 7) is 5.87. The molecule has 0 saturated heterocycles. The molecule has 0 fully saturated rings. The molecule has 4 aromatic rings. The van der Waals surface area contributed by atoms with E-state index in [-0.39, 0.29) is 17.9 Å². The number of nitrogens with zero attached hydrogens (tertiary/aromatic N) is 5. The van der Waals surface area contributed by atoms with Crippen molar-refractivity contribution in [1.82, 2.24) is 25.3 Å². The molecule has 0 aliphatic rings. The third kappa shape index (κ3) is 4.90. The van der Waals surface area contributed by atoms with Crippen molar-refractivity contribution in [1.29, 1.82) is 0 Å². The quantitative estimate of drug-likeness (QED) is 0.325. The lowest BCUT2D eigenvalue weighted by molar-refractivity contribution is -0.384. The number of nitrogens with one attached hydrogen (secondary N) is 1. The Bertz CT molecular complexity index is 1360. The molecule has 2 aromatic carbocycles. The monoisotopic (exact) mass is 458 g/mol. The summed E-state index contributed by atoms with van der Waals surface area (Å²) in [6, 6.07) is 15.5. The second-order valence-electron chi connectivity index (χ2n) is 7.77. The molecule has 0 aliphatic heterocycles. The minimum absolute atomic E-state index is 0.0733. The van der Waals surface area contributed by atoms with Gasteiger partial charge < -0.3 is 10.1 Å². The van der Waals surface area contributed by atoms with Crippen LogP contribution in [0, 0.1) is 30.9 Å². The van der Waals surface area contributed by atoms with Crippen LogP contribution in [-0.2, 0) is 6.54 Å². The minimum atomic E-state index is -0.490. The van der Waals surface area contributed by atoms with E-state index in [0.717, 1.165) is 22.4 Å². The first kappa shape index (κ1) is 22.6. The fourth-order valence-electron chi connectivity index (χ4n) is 3.29. The van der Waals surface area contributed by atoms with Gasteiger partial charge in [0.2, 0.25) is 5.88 Å². The number of pyridine rings is 1. The first-order valence-electron chi connectivity index (χ1n) is 10.5. The zero-order valence-electron chi connectivity index (χ0n) is 18.8. The van der Waals surface area contributed by atoms with Crippen molar-refractivity contribution in [2.45, 2.75) is 27.3 Å². The molecule has 1 N–H and O–H groups in total. The first-order chi connectivity index (χ1) is 16.3. The van der Waals surface area contributed by atoms with Crippen molar-refractivity contribution in [2.24, 2.45) is 0 Å². The van der Waals surface area contributed by atoms with Gasteiger partial charge in [0.25, 0.3) is 11.6 Å². The standard InChI is InChI=1S/C24H22N6O4/c1-15-7-8-16(2)21(11-15)34-22-10-9-18(13-25-22)14-26-24(31)23-17(3)29(28-27-23)19-5-4-6-20(12-19)30(32)33/h4-13H,14H2,1-3H3,(H,26,31). The van der Waals surface area contributed by atoms with Gasteiger partial charge in [-0.25, -0.2) is 9.67 Å². The maximum atomic E-state index is 12.7. The van der Waals surface area contributed by atoms with E-state index in [1.165, 1.54) is 16.8 Å². The van der Waals surface area contributed by atoms with E-state index >= 15 is 0 Å². The van der Waals surface area contributed by atoms with Gasteiger partial charge in [-0.3, -0.25) is 14.9 Å². The van der Waals surface area contributed by atoms with Gasteiger partial charge in [0.15, 0.2) is 5.69 Å². The normalized spacial score (nSPS) is 10.7. The van der Waals surface area contributed by atoms with Crippen LogP contribution in [0.1, 0.15) is 32.9 Å².